The number of nitrogens with two attached hydrogens (primary N) is 1. The molecule has 4 N–H and O–H groups in total. The van der Waals surface area contributed by atoms with Crippen LogP contribution in [-0.4, -0.2) is 24.1 Å². The average molecular weight is 167 g/mol. The van der Waals surface area contributed by atoms with Crippen molar-refractivity contribution in [2.75, 3.05) is 13.1 Å². The molecule has 3 heteroatoms. The SMILES string of the molecule is CC(N)CNCCc1ccc[nH]1. The number of hydrogen-bond acceptors (Lipinski definition) is 2. The van der Waals surface area contributed by atoms with Gasteiger partial charge in [0.05, 0.1) is 0 Å². The summed E-state index contributed by atoms with van der Waals surface area (Å²) in [4.78, 5) is 3.15. The number of aromatic amines is 1. The predicted octanol–water partition coefficient (Wildman–Crippen LogP) is 0.494. The van der Waals surface area contributed by atoms with Crippen molar-refractivity contribution in [3.63, 3.8) is 0 Å². The molecule has 0 fully saturated rings. The molecule has 0 aromatic carbocycles. The quantitative estimate of drug-likeness (QED) is 0.559. The second-order valence-corrected chi connectivity index (χ2v) is 3.13. The van der Waals surface area contributed by atoms with Gasteiger partial charge < -0.3 is 16.0 Å². The Morgan fingerprint density at radius 3 is 3.08 bits per heavy atom. The van der Waals surface area contributed by atoms with Crippen LogP contribution >= 0.6 is 0 Å². The van der Waals surface area contributed by atoms with E-state index in [2.05, 4.69) is 16.4 Å². The molecule has 0 saturated carbocycles. The lowest BCUT2D eigenvalue weighted by Crippen LogP contribution is -2.32. The van der Waals surface area contributed by atoms with Gasteiger partial charge in [0.25, 0.3) is 0 Å². The topological polar surface area (TPSA) is 53.8 Å². The first kappa shape index (κ1) is 9.29. The van der Waals surface area contributed by atoms with E-state index in [1.165, 1.54) is 5.69 Å². The third-order valence-electron chi connectivity index (χ3n) is 1.70. The largest absolute Gasteiger partial charge is 0.365 e. The van der Waals surface area contributed by atoms with Gasteiger partial charge in [0.2, 0.25) is 0 Å². The standard InChI is InChI=1S/C9H17N3/c1-8(10)7-11-6-4-9-3-2-5-12-9/h2-3,5,8,11-12H,4,6-7,10H2,1H3. The average Bonchev–Trinajstić information content (AvgIpc) is 2.49. The fourth-order valence-corrected chi connectivity index (χ4v) is 1.08. The third-order valence-corrected chi connectivity index (χ3v) is 1.70. The Labute approximate surface area is 73.4 Å². The van der Waals surface area contributed by atoms with E-state index in [4.69, 9.17) is 5.73 Å². The maximum absolute atomic E-state index is 5.58. The molecule has 0 saturated heterocycles. The highest BCUT2D eigenvalue weighted by atomic mass is 14.9. The highest BCUT2D eigenvalue weighted by Crippen LogP contribution is 1.93. The van der Waals surface area contributed by atoms with Crippen molar-refractivity contribution in [1.82, 2.24) is 10.3 Å². The minimum Gasteiger partial charge on any atom is -0.365 e. The van der Waals surface area contributed by atoms with Gasteiger partial charge in [-0.3, -0.25) is 0 Å². The highest BCUT2D eigenvalue weighted by molar-refractivity contribution is 5.03. The van der Waals surface area contributed by atoms with E-state index in [1.807, 2.05) is 19.2 Å². The number of aromatic nitrogens is 1. The van der Waals surface area contributed by atoms with Crippen LogP contribution in [0.15, 0.2) is 18.3 Å². The first-order valence-electron chi connectivity index (χ1n) is 4.37. The lowest BCUT2D eigenvalue weighted by Gasteiger charge is -2.05. The Kier molecular flexibility index (Phi) is 3.84. The Morgan fingerprint density at radius 1 is 1.67 bits per heavy atom. The van der Waals surface area contributed by atoms with Gasteiger partial charge in [-0.25, -0.2) is 0 Å². The molecule has 1 rings (SSSR count). The summed E-state index contributed by atoms with van der Waals surface area (Å²) in [5, 5.41) is 3.28. The van der Waals surface area contributed by atoms with Crippen molar-refractivity contribution < 1.29 is 0 Å². The summed E-state index contributed by atoms with van der Waals surface area (Å²) in [6.07, 6.45) is 2.99. The first-order valence-corrected chi connectivity index (χ1v) is 4.37. The Bertz CT molecular complexity index is 192. The van der Waals surface area contributed by atoms with Gasteiger partial charge >= 0.3 is 0 Å². The predicted molar refractivity (Wildman–Crippen MR) is 51.0 cm³/mol. The van der Waals surface area contributed by atoms with E-state index >= 15 is 0 Å². The minimum absolute atomic E-state index is 0.244. The smallest absolute Gasteiger partial charge is 0.0159 e. The van der Waals surface area contributed by atoms with Gasteiger partial charge in [0.15, 0.2) is 0 Å². The molecule has 0 bridgehead atoms. The third kappa shape index (κ3) is 3.55. The van der Waals surface area contributed by atoms with Crippen LogP contribution in [0.25, 0.3) is 0 Å². The second-order valence-electron chi connectivity index (χ2n) is 3.13. The van der Waals surface area contributed by atoms with E-state index in [9.17, 15) is 0 Å². The van der Waals surface area contributed by atoms with Crippen LogP contribution in [0.3, 0.4) is 0 Å². The summed E-state index contributed by atoms with van der Waals surface area (Å²) in [7, 11) is 0. The van der Waals surface area contributed by atoms with Crippen LogP contribution in [0, 0.1) is 0 Å². The van der Waals surface area contributed by atoms with Crippen LogP contribution in [-0.2, 0) is 6.42 Å². The maximum Gasteiger partial charge on any atom is 0.0159 e. The monoisotopic (exact) mass is 167 g/mol. The fourth-order valence-electron chi connectivity index (χ4n) is 1.08. The first-order chi connectivity index (χ1) is 5.79. The summed E-state index contributed by atoms with van der Waals surface area (Å²) in [5.41, 5.74) is 6.85. The molecule has 0 radical (unpaired) electrons. The molecule has 0 aliphatic rings. The van der Waals surface area contributed by atoms with E-state index in [0.29, 0.717) is 0 Å². The molecule has 0 amide bonds. The Morgan fingerprint density at radius 2 is 2.50 bits per heavy atom. The lowest BCUT2D eigenvalue weighted by atomic mass is 10.3. The number of nitrogens with one attached hydrogen (secondary N) is 2. The molecule has 0 aliphatic heterocycles. The highest BCUT2D eigenvalue weighted by Gasteiger charge is 1.94. The number of rotatable bonds is 5. The van der Waals surface area contributed by atoms with E-state index in [1.54, 1.807) is 0 Å². The van der Waals surface area contributed by atoms with E-state index in [0.717, 1.165) is 19.5 Å². The molecular formula is C9H17N3. The minimum atomic E-state index is 0.244. The molecule has 1 unspecified atom stereocenters. The van der Waals surface area contributed by atoms with Crippen molar-refractivity contribution in [1.29, 1.82) is 0 Å². The molecule has 1 atom stereocenters. The molecular weight excluding hydrogens is 150 g/mol. The van der Waals surface area contributed by atoms with Gasteiger partial charge in [0, 0.05) is 31.0 Å². The zero-order valence-electron chi connectivity index (χ0n) is 7.51. The zero-order valence-corrected chi connectivity index (χ0v) is 7.51. The summed E-state index contributed by atoms with van der Waals surface area (Å²) in [6, 6.07) is 4.35. The number of H-pyrrole nitrogens is 1. The Hall–Kier alpha value is -0.800. The molecule has 1 aromatic rings. The molecule has 68 valence electrons. The van der Waals surface area contributed by atoms with Gasteiger partial charge in [-0.15, -0.1) is 0 Å². The normalized spacial score (nSPS) is 13.2. The Balaban J connectivity index is 2.04. The fraction of sp³-hybridized carbons (Fsp3) is 0.556. The van der Waals surface area contributed by atoms with Gasteiger partial charge in [-0.2, -0.15) is 0 Å². The molecule has 3 nitrogen and oxygen atoms in total. The van der Waals surface area contributed by atoms with Crippen molar-refractivity contribution in [3.05, 3.63) is 24.0 Å². The van der Waals surface area contributed by atoms with Gasteiger partial charge in [-0.05, 0) is 25.5 Å². The summed E-state index contributed by atoms with van der Waals surface area (Å²) in [5.74, 6) is 0. The lowest BCUT2D eigenvalue weighted by molar-refractivity contribution is 0.606. The molecule has 1 heterocycles. The van der Waals surface area contributed by atoms with Crippen molar-refractivity contribution in [2.24, 2.45) is 5.73 Å². The summed E-state index contributed by atoms with van der Waals surface area (Å²) < 4.78 is 0. The second kappa shape index (κ2) is 4.95. The van der Waals surface area contributed by atoms with Crippen LogP contribution in [0.1, 0.15) is 12.6 Å². The van der Waals surface area contributed by atoms with Gasteiger partial charge in [0.1, 0.15) is 0 Å². The maximum atomic E-state index is 5.58. The van der Waals surface area contributed by atoms with Gasteiger partial charge in [-0.1, -0.05) is 0 Å². The van der Waals surface area contributed by atoms with Crippen LogP contribution in [0.5, 0.6) is 0 Å². The molecule has 12 heavy (non-hydrogen) atoms. The van der Waals surface area contributed by atoms with Crippen LogP contribution < -0.4 is 11.1 Å². The zero-order chi connectivity index (χ0) is 8.81. The van der Waals surface area contributed by atoms with Crippen LogP contribution in [0.2, 0.25) is 0 Å². The molecule has 0 aliphatic carbocycles. The van der Waals surface area contributed by atoms with Crippen molar-refractivity contribution >= 4 is 0 Å². The van der Waals surface area contributed by atoms with Crippen molar-refractivity contribution in [2.45, 2.75) is 19.4 Å². The van der Waals surface area contributed by atoms with E-state index in [-0.39, 0.29) is 6.04 Å². The molecule has 1 aromatic heterocycles. The number of hydrogen-bond donors (Lipinski definition) is 3. The molecule has 0 spiro atoms. The summed E-state index contributed by atoms with van der Waals surface area (Å²) >= 11 is 0. The van der Waals surface area contributed by atoms with E-state index < -0.39 is 0 Å². The van der Waals surface area contributed by atoms with Crippen molar-refractivity contribution in [3.8, 4) is 0 Å². The van der Waals surface area contributed by atoms with Crippen LogP contribution in [0.4, 0.5) is 0 Å². The summed E-state index contributed by atoms with van der Waals surface area (Å²) in [6.45, 7) is 3.88.